The second-order valence-corrected chi connectivity index (χ2v) is 8.95. The molecule has 1 saturated carbocycles. The van der Waals surface area contributed by atoms with Gasteiger partial charge in [0.15, 0.2) is 0 Å². The van der Waals surface area contributed by atoms with E-state index in [4.69, 9.17) is 16.3 Å². The van der Waals surface area contributed by atoms with Gasteiger partial charge in [0.1, 0.15) is 11.9 Å². The van der Waals surface area contributed by atoms with Gasteiger partial charge in [-0.15, -0.1) is 0 Å². The average molecular weight is 472 g/mol. The molecule has 0 spiro atoms. The van der Waals surface area contributed by atoms with Gasteiger partial charge in [0.2, 0.25) is 0 Å². The van der Waals surface area contributed by atoms with Gasteiger partial charge in [-0.05, 0) is 36.6 Å². The first kappa shape index (κ1) is 23.2. The third-order valence-corrected chi connectivity index (χ3v) is 6.64. The fraction of sp³-hybridized carbons (Fsp3) is 0.308. The lowest BCUT2D eigenvalue weighted by Crippen LogP contribution is -2.44. The van der Waals surface area contributed by atoms with Gasteiger partial charge in [-0.2, -0.15) is 8.78 Å². The van der Waals surface area contributed by atoms with E-state index < -0.39 is 6.11 Å². The Morgan fingerprint density at radius 1 is 1.33 bits per heavy atom. The summed E-state index contributed by atoms with van der Waals surface area (Å²) >= 11 is 6.56. The lowest BCUT2D eigenvalue weighted by atomic mass is 9.91. The van der Waals surface area contributed by atoms with Gasteiger partial charge >= 0.3 is 6.11 Å². The highest BCUT2D eigenvalue weighted by Crippen LogP contribution is 2.54. The number of hydrogen-bond acceptors (Lipinski definition) is 4. The molecular weight excluding hydrogens is 444 g/mol. The van der Waals surface area contributed by atoms with Crippen LogP contribution in [0.25, 0.3) is 0 Å². The fourth-order valence-electron chi connectivity index (χ4n) is 4.42. The number of benzene rings is 1. The molecule has 2 aliphatic heterocycles. The molecule has 1 fully saturated rings. The fourth-order valence-corrected chi connectivity index (χ4v) is 4.73. The molecule has 1 unspecified atom stereocenters. The predicted octanol–water partition coefficient (Wildman–Crippen LogP) is 5.47. The largest absolute Gasteiger partial charge is 0.432 e. The van der Waals surface area contributed by atoms with Gasteiger partial charge < -0.3 is 20.3 Å². The summed E-state index contributed by atoms with van der Waals surface area (Å²) in [6.45, 7) is 8.06. The molecule has 4 nitrogen and oxygen atoms in total. The standard InChI is InChI=1S/C26H28ClF2N3O/c1-5-6-7-19(16-30-3)24-21(27)10-11-23(32(24)4)31-17(2)25(12-13-25)20-9-8-18-15-26(28,29)33-22(18)14-20/h5-11,14,16,23,30-31H,1-2,12-13,15H2,3-4H3/b7-6-,19-16+. The van der Waals surface area contributed by atoms with Crippen LogP contribution in [0.5, 0.6) is 5.75 Å². The van der Waals surface area contributed by atoms with Crippen LogP contribution in [0.2, 0.25) is 0 Å². The van der Waals surface area contributed by atoms with Crippen LogP contribution in [0, 0.1) is 0 Å². The van der Waals surface area contributed by atoms with E-state index in [9.17, 15) is 8.78 Å². The van der Waals surface area contributed by atoms with Crippen molar-refractivity contribution in [2.24, 2.45) is 0 Å². The third kappa shape index (κ3) is 4.44. The van der Waals surface area contributed by atoms with Crippen molar-refractivity contribution >= 4 is 11.6 Å². The van der Waals surface area contributed by atoms with Gasteiger partial charge in [0, 0.05) is 42.5 Å². The van der Waals surface area contributed by atoms with E-state index in [2.05, 4.69) is 23.8 Å². The molecule has 4 rings (SSSR count). The molecule has 0 radical (unpaired) electrons. The van der Waals surface area contributed by atoms with Crippen LogP contribution < -0.4 is 15.4 Å². The summed E-state index contributed by atoms with van der Waals surface area (Å²) in [5, 5.41) is 7.21. The molecule has 0 saturated heterocycles. The highest BCUT2D eigenvalue weighted by atomic mass is 35.5. The molecule has 0 amide bonds. The first-order chi connectivity index (χ1) is 15.7. The molecule has 33 heavy (non-hydrogen) atoms. The molecule has 7 heteroatoms. The number of halogens is 3. The predicted molar refractivity (Wildman–Crippen MR) is 129 cm³/mol. The molecule has 3 aliphatic rings. The summed E-state index contributed by atoms with van der Waals surface area (Å²) in [6.07, 6.45) is 9.32. The summed E-state index contributed by atoms with van der Waals surface area (Å²) in [7, 11) is 3.79. The number of ether oxygens (including phenoxy) is 1. The second-order valence-electron chi connectivity index (χ2n) is 8.54. The molecule has 0 aromatic heterocycles. The monoisotopic (exact) mass is 471 g/mol. The summed E-state index contributed by atoms with van der Waals surface area (Å²) in [5.74, 6) is 0.263. The Morgan fingerprint density at radius 3 is 2.76 bits per heavy atom. The summed E-state index contributed by atoms with van der Waals surface area (Å²) in [4.78, 5) is 2.05. The Kier molecular flexibility index (Phi) is 6.14. The number of fused-ring (bicyclic) bond motifs is 1. The number of nitrogens with one attached hydrogen (secondary N) is 2. The van der Waals surface area contributed by atoms with Gasteiger partial charge in [-0.1, -0.05) is 55.1 Å². The Bertz CT molecular complexity index is 1100. The van der Waals surface area contributed by atoms with Crippen LogP contribution in [0.3, 0.4) is 0 Å². The number of alkyl halides is 2. The minimum Gasteiger partial charge on any atom is -0.432 e. The van der Waals surface area contributed by atoms with Crippen molar-refractivity contribution in [2.75, 3.05) is 14.1 Å². The average Bonchev–Trinajstić information content (AvgIpc) is 3.51. The first-order valence-electron chi connectivity index (χ1n) is 10.8. The zero-order chi connectivity index (χ0) is 23.8. The summed E-state index contributed by atoms with van der Waals surface area (Å²) in [6, 6.07) is 5.40. The van der Waals surface area contributed by atoms with Crippen molar-refractivity contribution in [1.29, 1.82) is 0 Å². The highest BCUT2D eigenvalue weighted by Gasteiger charge is 2.49. The smallest absolute Gasteiger partial charge is 0.402 e. The second kappa shape index (κ2) is 8.75. The van der Waals surface area contributed by atoms with E-state index in [1.54, 1.807) is 18.2 Å². The number of hydrogen-bond donors (Lipinski definition) is 2. The van der Waals surface area contributed by atoms with E-state index in [-0.39, 0.29) is 23.8 Å². The Hall–Kier alpha value is -2.99. The number of allylic oxidation sites excluding steroid dienone is 6. The maximum Gasteiger partial charge on any atom is 0.402 e. The van der Waals surface area contributed by atoms with Crippen LogP contribution >= 0.6 is 11.6 Å². The SMILES string of the molecule is C=C/C=C\C(=C/NC)C1=C(Cl)C=CC(NC(=C)C2(c3ccc4c(c3)OC(F)(F)C4)CC2)N1C. The van der Waals surface area contributed by atoms with Crippen molar-refractivity contribution < 1.29 is 13.5 Å². The van der Waals surface area contributed by atoms with Crippen LogP contribution in [0.1, 0.15) is 24.0 Å². The third-order valence-electron chi connectivity index (χ3n) is 6.33. The lowest BCUT2D eigenvalue weighted by Gasteiger charge is -2.36. The quantitative estimate of drug-likeness (QED) is 0.493. The minimum absolute atomic E-state index is 0.181. The zero-order valence-corrected chi connectivity index (χ0v) is 19.6. The van der Waals surface area contributed by atoms with E-state index in [1.165, 1.54) is 0 Å². The number of nitrogens with zero attached hydrogens (tertiary/aromatic N) is 1. The van der Waals surface area contributed by atoms with Gasteiger partial charge in [0.25, 0.3) is 0 Å². The molecule has 1 aliphatic carbocycles. The van der Waals surface area contributed by atoms with Crippen LogP contribution in [-0.4, -0.2) is 31.3 Å². The molecule has 2 heterocycles. The molecule has 174 valence electrons. The lowest BCUT2D eigenvalue weighted by molar-refractivity contribution is -0.159. The molecular formula is C26H28ClF2N3O. The van der Waals surface area contributed by atoms with Crippen LogP contribution in [0.4, 0.5) is 8.78 Å². The molecule has 1 aromatic carbocycles. The molecule has 1 aromatic rings. The van der Waals surface area contributed by atoms with Crippen molar-refractivity contribution in [3.63, 3.8) is 0 Å². The van der Waals surface area contributed by atoms with Crippen molar-refractivity contribution in [3.8, 4) is 5.75 Å². The molecule has 1 atom stereocenters. The normalized spacial score (nSPS) is 22.8. The van der Waals surface area contributed by atoms with E-state index >= 15 is 0 Å². The van der Waals surface area contributed by atoms with Crippen molar-refractivity contribution in [2.45, 2.75) is 37.0 Å². The topological polar surface area (TPSA) is 36.5 Å². The number of rotatable bonds is 8. The van der Waals surface area contributed by atoms with Crippen molar-refractivity contribution in [1.82, 2.24) is 15.5 Å². The Balaban J connectivity index is 1.54. The van der Waals surface area contributed by atoms with E-state index in [0.29, 0.717) is 10.6 Å². The zero-order valence-electron chi connectivity index (χ0n) is 18.8. The van der Waals surface area contributed by atoms with E-state index in [0.717, 1.165) is 35.4 Å². The molecule has 0 bridgehead atoms. The van der Waals surface area contributed by atoms with Crippen molar-refractivity contribution in [3.05, 3.63) is 101 Å². The van der Waals surface area contributed by atoms with Crippen LogP contribution in [-0.2, 0) is 11.8 Å². The molecule has 2 N–H and O–H groups in total. The van der Waals surface area contributed by atoms with Gasteiger partial charge in [-0.3, -0.25) is 0 Å². The summed E-state index contributed by atoms with van der Waals surface area (Å²) < 4.78 is 32.2. The Labute approximate surface area is 198 Å². The highest BCUT2D eigenvalue weighted by molar-refractivity contribution is 6.32. The first-order valence-corrected chi connectivity index (χ1v) is 11.2. The van der Waals surface area contributed by atoms with Crippen LogP contribution in [0.15, 0.2) is 89.9 Å². The number of likely N-dealkylation sites (N-methyl/N-ethyl adjacent to an activating group) is 1. The van der Waals surface area contributed by atoms with E-state index in [1.807, 2.05) is 55.6 Å². The minimum atomic E-state index is -3.14. The Morgan fingerprint density at radius 2 is 2.09 bits per heavy atom. The maximum absolute atomic E-state index is 13.7. The van der Waals surface area contributed by atoms with Gasteiger partial charge in [0.05, 0.1) is 17.2 Å². The summed E-state index contributed by atoms with van der Waals surface area (Å²) in [5.41, 5.74) is 3.78. The maximum atomic E-state index is 13.7. The van der Waals surface area contributed by atoms with Gasteiger partial charge in [-0.25, -0.2) is 0 Å².